The van der Waals surface area contributed by atoms with Crippen molar-refractivity contribution in [3.8, 4) is 0 Å². The van der Waals surface area contributed by atoms with Crippen molar-refractivity contribution in [3.05, 3.63) is 34.9 Å². The van der Waals surface area contributed by atoms with Gasteiger partial charge in [-0.05, 0) is 31.9 Å². The molecule has 1 aromatic rings. The van der Waals surface area contributed by atoms with Gasteiger partial charge in [-0.2, -0.15) is 0 Å². The highest BCUT2D eigenvalue weighted by Gasteiger charge is 2.07. The van der Waals surface area contributed by atoms with Gasteiger partial charge in [0, 0.05) is 18.8 Å². The Kier molecular flexibility index (Phi) is 10.5. The Balaban J connectivity index is 0.00000484. The molecule has 1 rings (SSSR count). The topological polar surface area (TPSA) is 70.6 Å². The monoisotopic (exact) mass is 453 g/mol. The summed E-state index contributed by atoms with van der Waals surface area (Å²) in [7, 11) is -2.95. The number of nitrogens with zero attached hydrogens (tertiary/aromatic N) is 1. The zero-order chi connectivity index (χ0) is 16.6. The highest BCUT2D eigenvalue weighted by Crippen LogP contribution is 2.11. The maximum absolute atomic E-state index is 11.5. The molecule has 0 saturated heterocycles. The highest BCUT2D eigenvalue weighted by molar-refractivity contribution is 14.0. The quantitative estimate of drug-likeness (QED) is 0.378. The molecule has 0 fully saturated rings. The van der Waals surface area contributed by atoms with Crippen LogP contribution in [0.4, 0.5) is 0 Å². The normalized spacial score (nSPS) is 11.7. The second kappa shape index (κ2) is 10.9. The number of hydrogen-bond donors (Lipinski definition) is 2. The number of guanidine groups is 1. The number of aryl methyl sites for hydroxylation is 2. The van der Waals surface area contributed by atoms with E-state index in [1.54, 1.807) is 6.92 Å². The zero-order valence-corrected chi connectivity index (χ0v) is 17.5. The summed E-state index contributed by atoms with van der Waals surface area (Å²) in [4.78, 5) is 4.52. The lowest BCUT2D eigenvalue weighted by atomic mass is 10.1. The first-order valence-electron chi connectivity index (χ1n) is 7.66. The van der Waals surface area contributed by atoms with Crippen LogP contribution in [0.5, 0.6) is 0 Å². The van der Waals surface area contributed by atoms with Gasteiger partial charge in [-0.15, -0.1) is 24.0 Å². The van der Waals surface area contributed by atoms with Crippen molar-refractivity contribution in [1.29, 1.82) is 0 Å². The minimum absolute atomic E-state index is 0. The maximum Gasteiger partial charge on any atom is 0.191 e. The molecule has 2 N–H and O–H groups in total. The zero-order valence-electron chi connectivity index (χ0n) is 14.3. The smallest absolute Gasteiger partial charge is 0.191 e. The summed E-state index contributed by atoms with van der Waals surface area (Å²) in [6, 6.07) is 6.30. The number of rotatable bonds is 7. The van der Waals surface area contributed by atoms with Gasteiger partial charge in [-0.1, -0.05) is 30.7 Å². The molecule has 0 aromatic heterocycles. The SMILES string of the molecule is CCNC(=NCc1ccc(C)cc1C)NCCS(=O)(=O)CC.I. The van der Waals surface area contributed by atoms with Gasteiger partial charge in [0.05, 0.1) is 12.3 Å². The Morgan fingerprint density at radius 3 is 2.43 bits per heavy atom. The Morgan fingerprint density at radius 2 is 1.87 bits per heavy atom. The molecule has 0 atom stereocenters. The molecule has 0 amide bonds. The molecule has 0 aliphatic heterocycles. The minimum atomic E-state index is -2.95. The first-order chi connectivity index (χ1) is 10.4. The number of halogens is 1. The predicted molar refractivity (Wildman–Crippen MR) is 108 cm³/mol. The predicted octanol–water partition coefficient (Wildman–Crippen LogP) is 2.41. The van der Waals surface area contributed by atoms with Crippen LogP contribution in [0.25, 0.3) is 0 Å². The van der Waals surface area contributed by atoms with Crippen molar-refractivity contribution >= 4 is 39.8 Å². The lowest BCUT2D eigenvalue weighted by Crippen LogP contribution is -2.39. The molecular weight excluding hydrogens is 425 g/mol. The van der Waals surface area contributed by atoms with E-state index in [9.17, 15) is 8.42 Å². The van der Waals surface area contributed by atoms with Gasteiger partial charge in [-0.3, -0.25) is 0 Å². The van der Waals surface area contributed by atoms with E-state index in [1.165, 1.54) is 16.7 Å². The summed E-state index contributed by atoms with van der Waals surface area (Å²) in [5.41, 5.74) is 3.62. The van der Waals surface area contributed by atoms with Crippen LogP contribution >= 0.6 is 24.0 Å². The highest BCUT2D eigenvalue weighted by atomic mass is 127. The number of hydrogen-bond acceptors (Lipinski definition) is 3. The third-order valence-electron chi connectivity index (χ3n) is 3.40. The second-order valence-electron chi connectivity index (χ2n) is 5.29. The van der Waals surface area contributed by atoms with Crippen molar-refractivity contribution in [2.24, 2.45) is 4.99 Å². The summed E-state index contributed by atoms with van der Waals surface area (Å²) < 4.78 is 23.0. The van der Waals surface area contributed by atoms with Gasteiger partial charge < -0.3 is 10.6 Å². The number of aliphatic imine (C=N–C) groups is 1. The largest absolute Gasteiger partial charge is 0.357 e. The van der Waals surface area contributed by atoms with Gasteiger partial charge in [0.1, 0.15) is 0 Å². The van der Waals surface area contributed by atoms with Crippen LogP contribution in [0, 0.1) is 13.8 Å². The molecule has 7 heteroatoms. The fraction of sp³-hybridized carbons (Fsp3) is 0.562. The average molecular weight is 453 g/mol. The molecule has 0 radical (unpaired) electrons. The van der Waals surface area contributed by atoms with Crippen molar-refractivity contribution < 1.29 is 8.42 Å². The van der Waals surface area contributed by atoms with Gasteiger partial charge >= 0.3 is 0 Å². The fourth-order valence-corrected chi connectivity index (χ4v) is 2.70. The van der Waals surface area contributed by atoms with Crippen LogP contribution in [0.2, 0.25) is 0 Å². The molecule has 0 spiro atoms. The van der Waals surface area contributed by atoms with E-state index >= 15 is 0 Å². The van der Waals surface area contributed by atoms with Crippen LogP contribution in [0.15, 0.2) is 23.2 Å². The van der Waals surface area contributed by atoms with Crippen LogP contribution in [-0.2, 0) is 16.4 Å². The molecular formula is C16H28IN3O2S. The summed E-state index contributed by atoms with van der Waals surface area (Å²) in [6.45, 7) is 9.47. The first kappa shape index (κ1) is 22.2. The van der Waals surface area contributed by atoms with E-state index in [-0.39, 0.29) is 35.5 Å². The van der Waals surface area contributed by atoms with Crippen molar-refractivity contribution in [3.63, 3.8) is 0 Å². The average Bonchev–Trinajstić information content (AvgIpc) is 2.46. The van der Waals surface area contributed by atoms with Crippen molar-refractivity contribution in [2.45, 2.75) is 34.2 Å². The van der Waals surface area contributed by atoms with Gasteiger partial charge in [0.25, 0.3) is 0 Å². The number of nitrogens with one attached hydrogen (secondary N) is 2. The minimum Gasteiger partial charge on any atom is -0.357 e. The first-order valence-corrected chi connectivity index (χ1v) is 9.48. The second-order valence-corrected chi connectivity index (χ2v) is 7.76. The third-order valence-corrected chi connectivity index (χ3v) is 5.10. The van der Waals surface area contributed by atoms with Crippen molar-refractivity contribution in [1.82, 2.24) is 10.6 Å². The number of sulfone groups is 1. The summed E-state index contributed by atoms with van der Waals surface area (Å²) >= 11 is 0. The van der Waals surface area contributed by atoms with Crippen LogP contribution in [-0.4, -0.2) is 39.0 Å². The van der Waals surface area contributed by atoms with Crippen LogP contribution in [0.1, 0.15) is 30.5 Å². The Labute approximate surface area is 157 Å². The van der Waals surface area contributed by atoms with E-state index in [0.717, 1.165) is 6.54 Å². The Morgan fingerprint density at radius 1 is 1.17 bits per heavy atom. The van der Waals surface area contributed by atoms with E-state index in [0.29, 0.717) is 19.0 Å². The molecule has 0 unspecified atom stereocenters. The molecule has 132 valence electrons. The lowest BCUT2D eigenvalue weighted by Gasteiger charge is -2.12. The molecule has 0 saturated carbocycles. The van der Waals surface area contributed by atoms with Gasteiger partial charge in [0.2, 0.25) is 0 Å². The lowest BCUT2D eigenvalue weighted by molar-refractivity contribution is 0.595. The maximum atomic E-state index is 11.5. The Hall–Kier alpha value is -0.830. The molecule has 0 aliphatic rings. The Bertz CT molecular complexity index is 616. The summed E-state index contributed by atoms with van der Waals surface area (Å²) in [5, 5.41) is 6.20. The van der Waals surface area contributed by atoms with E-state index in [4.69, 9.17) is 0 Å². The molecule has 23 heavy (non-hydrogen) atoms. The van der Waals surface area contributed by atoms with E-state index < -0.39 is 9.84 Å². The number of benzene rings is 1. The standard InChI is InChI=1S/C16H27N3O2S.HI/c1-5-17-16(18-9-10-22(20,21)6-2)19-12-15-8-7-13(3)11-14(15)4;/h7-8,11H,5-6,9-10,12H2,1-4H3,(H2,17,18,19);1H. The van der Waals surface area contributed by atoms with Gasteiger partial charge in [-0.25, -0.2) is 13.4 Å². The van der Waals surface area contributed by atoms with Crippen molar-refractivity contribution in [2.75, 3.05) is 24.6 Å². The van der Waals surface area contributed by atoms with E-state index in [2.05, 4.69) is 47.7 Å². The molecule has 5 nitrogen and oxygen atoms in total. The molecule has 1 aromatic carbocycles. The fourth-order valence-electron chi connectivity index (χ4n) is 2.00. The third kappa shape index (κ3) is 8.55. The van der Waals surface area contributed by atoms with E-state index in [1.807, 2.05) is 6.92 Å². The van der Waals surface area contributed by atoms with Gasteiger partial charge in [0.15, 0.2) is 15.8 Å². The summed E-state index contributed by atoms with van der Waals surface area (Å²) in [6.07, 6.45) is 0. The van der Waals surface area contributed by atoms with Crippen LogP contribution in [0.3, 0.4) is 0 Å². The molecule has 0 bridgehead atoms. The summed E-state index contributed by atoms with van der Waals surface area (Å²) in [5.74, 6) is 0.941. The van der Waals surface area contributed by atoms with Crippen LogP contribution < -0.4 is 10.6 Å². The molecule has 0 heterocycles. The molecule has 0 aliphatic carbocycles.